The number of unbranched alkanes of at least 4 members (excludes halogenated alkanes) is 1. The number of carbonyl (C=O) groups is 1. The molecule has 0 radical (unpaired) electrons. The molecule has 5 nitrogen and oxygen atoms in total. The first-order valence-electron chi connectivity index (χ1n) is 10.7. The van der Waals surface area contributed by atoms with Gasteiger partial charge < -0.3 is 5.32 Å². The SMILES string of the molecule is CCCCc1ccc(NC(=O)c2cc3cccnc3n(Cc3ccc(Cl)cc3)c2=O)cc1. The molecule has 32 heavy (non-hydrogen) atoms. The summed E-state index contributed by atoms with van der Waals surface area (Å²) in [5, 5.41) is 4.20. The molecule has 2 aromatic carbocycles. The number of benzene rings is 2. The smallest absolute Gasteiger partial charge is 0.265 e. The Kier molecular flexibility index (Phi) is 6.66. The number of nitrogens with zero attached hydrogens (tertiary/aromatic N) is 2. The highest BCUT2D eigenvalue weighted by Gasteiger charge is 2.17. The van der Waals surface area contributed by atoms with Crippen LogP contribution in [0.1, 0.15) is 41.3 Å². The number of rotatable bonds is 7. The number of pyridine rings is 2. The van der Waals surface area contributed by atoms with Gasteiger partial charge in [-0.25, -0.2) is 4.98 Å². The van der Waals surface area contributed by atoms with E-state index in [0.717, 1.165) is 30.2 Å². The van der Waals surface area contributed by atoms with Gasteiger partial charge in [0, 0.05) is 22.3 Å². The van der Waals surface area contributed by atoms with E-state index in [2.05, 4.69) is 17.2 Å². The van der Waals surface area contributed by atoms with Gasteiger partial charge in [-0.3, -0.25) is 14.2 Å². The molecule has 0 aliphatic rings. The van der Waals surface area contributed by atoms with E-state index in [9.17, 15) is 9.59 Å². The standard InChI is InChI=1S/C26H24ClN3O2/c1-2-3-5-18-9-13-22(14-10-18)29-25(31)23-16-20-6-4-15-28-24(20)30(26(23)32)17-19-7-11-21(27)12-8-19/h4,6-16H,2-3,5,17H2,1H3,(H,29,31). The van der Waals surface area contributed by atoms with Gasteiger partial charge in [-0.15, -0.1) is 0 Å². The second kappa shape index (κ2) is 9.79. The van der Waals surface area contributed by atoms with Crippen molar-refractivity contribution in [2.75, 3.05) is 5.32 Å². The number of anilines is 1. The molecule has 6 heteroatoms. The highest BCUT2D eigenvalue weighted by atomic mass is 35.5. The van der Waals surface area contributed by atoms with Crippen LogP contribution in [-0.4, -0.2) is 15.5 Å². The maximum atomic E-state index is 13.3. The van der Waals surface area contributed by atoms with Gasteiger partial charge in [0.2, 0.25) is 0 Å². The van der Waals surface area contributed by atoms with Crippen molar-refractivity contribution in [3.05, 3.63) is 105 Å². The zero-order valence-electron chi connectivity index (χ0n) is 17.8. The Morgan fingerprint density at radius 1 is 1.03 bits per heavy atom. The molecule has 0 aliphatic heterocycles. The molecule has 2 heterocycles. The van der Waals surface area contributed by atoms with E-state index in [1.807, 2.05) is 42.5 Å². The van der Waals surface area contributed by atoms with Crippen molar-refractivity contribution in [1.82, 2.24) is 9.55 Å². The van der Waals surface area contributed by atoms with Gasteiger partial charge >= 0.3 is 0 Å². The van der Waals surface area contributed by atoms with Crippen molar-refractivity contribution in [1.29, 1.82) is 0 Å². The van der Waals surface area contributed by atoms with Gasteiger partial charge in [0.05, 0.1) is 6.54 Å². The number of aromatic nitrogens is 2. The number of hydrogen-bond donors (Lipinski definition) is 1. The number of aryl methyl sites for hydroxylation is 1. The van der Waals surface area contributed by atoms with Crippen LogP contribution in [0.3, 0.4) is 0 Å². The van der Waals surface area contributed by atoms with Crippen molar-refractivity contribution in [2.45, 2.75) is 32.7 Å². The van der Waals surface area contributed by atoms with Gasteiger partial charge in [-0.05, 0) is 66.4 Å². The molecule has 0 unspecified atom stereocenters. The molecular weight excluding hydrogens is 422 g/mol. The minimum Gasteiger partial charge on any atom is -0.322 e. The lowest BCUT2D eigenvalue weighted by atomic mass is 10.1. The van der Waals surface area contributed by atoms with E-state index in [4.69, 9.17) is 11.6 Å². The molecule has 2 aromatic heterocycles. The largest absolute Gasteiger partial charge is 0.322 e. The molecule has 0 atom stereocenters. The van der Waals surface area contributed by atoms with Crippen molar-refractivity contribution in [3.8, 4) is 0 Å². The quantitative estimate of drug-likeness (QED) is 0.397. The second-order valence-electron chi connectivity index (χ2n) is 7.75. The fourth-order valence-corrected chi connectivity index (χ4v) is 3.75. The zero-order chi connectivity index (χ0) is 22.5. The van der Waals surface area contributed by atoms with E-state index in [0.29, 0.717) is 16.4 Å². The van der Waals surface area contributed by atoms with Crippen molar-refractivity contribution in [3.63, 3.8) is 0 Å². The van der Waals surface area contributed by atoms with Crippen LogP contribution < -0.4 is 10.9 Å². The summed E-state index contributed by atoms with van der Waals surface area (Å²) in [5.74, 6) is -0.438. The summed E-state index contributed by atoms with van der Waals surface area (Å²) in [6, 6.07) is 20.3. The van der Waals surface area contributed by atoms with Crippen molar-refractivity contribution in [2.24, 2.45) is 0 Å². The van der Waals surface area contributed by atoms with Crippen LogP contribution in [0.15, 0.2) is 77.7 Å². The van der Waals surface area contributed by atoms with E-state index >= 15 is 0 Å². The summed E-state index contributed by atoms with van der Waals surface area (Å²) in [7, 11) is 0. The average molecular weight is 446 g/mol. The third-order valence-corrected chi connectivity index (χ3v) is 5.63. The highest BCUT2D eigenvalue weighted by molar-refractivity contribution is 6.30. The summed E-state index contributed by atoms with van der Waals surface area (Å²) >= 11 is 5.99. The minimum absolute atomic E-state index is 0.0783. The third kappa shape index (κ3) is 4.89. The number of fused-ring (bicyclic) bond motifs is 1. The molecule has 4 rings (SSSR count). The molecule has 0 bridgehead atoms. The first-order valence-corrected chi connectivity index (χ1v) is 11.1. The van der Waals surface area contributed by atoms with Crippen molar-refractivity contribution >= 4 is 34.2 Å². The molecule has 0 saturated carbocycles. The fraction of sp³-hybridized carbons (Fsp3) is 0.192. The van der Waals surface area contributed by atoms with Crippen LogP contribution in [0.25, 0.3) is 11.0 Å². The molecular formula is C26H24ClN3O2. The Morgan fingerprint density at radius 3 is 2.47 bits per heavy atom. The lowest BCUT2D eigenvalue weighted by Crippen LogP contribution is -2.30. The monoisotopic (exact) mass is 445 g/mol. The fourth-order valence-electron chi connectivity index (χ4n) is 3.62. The summed E-state index contributed by atoms with van der Waals surface area (Å²) < 4.78 is 1.53. The van der Waals surface area contributed by atoms with Crippen LogP contribution in [-0.2, 0) is 13.0 Å². The van der Waals surface area contributed by atoms with E-state index < -0.39 is 5.91 Å². The number of amides is 1. The Hall–Kier alpha value is -3.44. The molecule has 4 aromatic rings. The molecule has 0 spiro atoms. The third-order valence-electron chi connectivity index (χ3n) is 5.38. The minimum atomic E-state index is -0.438. The summed E-state index contributed by atoms with van der Waals surface area (Å²) in [5.41, 5.74) is 3.00. The predicted molar refractivity (Wildman–Crippen MR) is 130 cm³/mol. The molecule has 162 valence electrons. The van der Waals surface area contributed by atoms with Gasteiger partial charge in [-0.2, -0.15) is 0 Å². The number of hydrogen-bond acceptors (Lipinski definition) is 3. The summed E-state index contributed by atoms with van der Waals surface area (Å²) in [4.78, 5) is 30.7. The lowest BCUT2D eigenvalue weighted by molar-refractivity contribution is 0.102. The molecule has 1 N–H and O–H groups in total. The van der Waals surface area contributed by atoms with Crippen LogP contribution >= 0.6 is 11.6 Å². The topological polar surface area (TPSA) is 64.0 Å². The van der Waals surface area contributed by atoms with Crippen LogP contribution in [0.5, 0.6) is 0 Å². The number of halogens is 1. The molecule has 1 amide bonds. The maximum absolute atomic E-state index is 13.3. The van der Waals surface area contributed by atoms with Crippen LogP contribution in [0.4, 0.5) is 5.69 Å². The molecule has 0 saturated heterocycles. The number of nitrogens with one attached hydrogen (secondary N) is 1. The van der Waals surface area contributed by atoms with Gasteiger partial charge in [0.1, 0.15) is 11.2 Å². The molecule has 0 aliphatic carbocycles. The van der Waals surface area contributed by atoms with Gasteiger partial charge in [0.15, 0.2) is 0 Å². The lowest BCUT2D eigenvalue weighted by Gasteiger charge is -2.13. The zero-order valence-corrected chi connectivity index (χ0v) is 18.6. The van der Waals surface area contributed by atoms with Crippen molar-refractivity contribution < 1.29 is 4.79 Å². The second-order valence-corrected chi connectivity index (χ2v) is 8.18. The average Bonchev–Trinajstić information content (AvgIpc) is 2.81. The maximum Gasteiger partial charge on any atom is 0.265 e. The van der Waals surface area contributed by atoms with E-state index in [1.54, 1.807) is 30.5 Å². The Labute approximate surface area is 191 Å². The Bertz CT molecular complexity index is 1300. The normalized spacial score (nSPS) is 10.9. The van der Waals surface area contributed by atoms with Crippen LogP contribution in [0, 0.1) is 0 Å². The number of carbonyl (C=O) groups excluding carboxylic acids is 1. The van der Waals surface area contributed by atoms with Crippen LogP contribution in [0.2, 0.25) is 5.02 Å². The Balaban J connectivity index is 1.66. The van der Waals surface area contributed by atoms with E-state index in [1.165, 1.54) is 10.1 Å². The van der Waals surface area contributed by atoms with E-state index in [-0.39, 0.29) is 17.7 Å². The predicted octanol–water partition coefficient (Wildman–Crippen LogP) is 5.69. The van der Waals surface area contributed by atoms with Gasteiger partial charge in [-0.1, -0.05) is 49.2 Å². The molecule has 0 fully saturated rings. The first kappa shape index (κ1) is 21.8. The summed E-state index contributed by atoms with van der Waals surface area (Å²) in [6.07, 6.45) is 4.92. The van der Waals surface area contributed by atoms with Gasteiger partial charge in [0.25, 0.3) is 11.5 Å². The highest BCUT2D eigenvalue weighted by Crippen LogP contribution is 2.17. The Morgan fingerprint density at radius 2 is 1.75 bits per heavy atom. The first-order chi connectivity index (χ1) is 15.5. The summed E-state index contributed by atoms with van der Waals surface area (Å²) in [6.45, 7) is 2.45.